The maximum Gasteiger partial charge on any atom is 0.305 e. The Bertz CT molecular complexity index is 655. The predicted octanol–water partition coefficient (Wildman–Crippen LogP) is 2.06. The summed E-state index contributed by atoms with van der Waals surface area (Å²) in [5, 5.41) is 9.40. The lowest BCUT2D eigenvalue weighted by molar-refractivity contribution is -0.137. The third-order valence-corrected chi connectivity index (χ3v) is 4.10. The minimum Gasteiger partial charge on any atom is -0.481 e. The van der Waals surface area contributed by atoms with E-state index in [2.05, 4.69) is 9.97 Å². The molecule has 1 amide bonds. The Hall–Kier alpha value is -2.28. The number of carbonyl (C=O) groups excluding carboxylic acids is 1. The van der Waals surface area contributed by atoms with Crippen molar-refractivity contribution in [3.63, 3.8) is 0 Å². The Morgan fingerprint density at radius 3 is 2.81 bits per heavy atom. The van der Waals surface area contributed by atoms with Crippen LogP contribution in [0, 0.1) is 6.92 Å². The molecule has 7 heteroatoms. The van der Waals surface area contributed by atoms with Gasteiger partial charge in [-0.25, -0.2) is 4.98 Å². The minimum atomic E-state index is -0.924. The molecular weight excluding hydrogens is 290 g/mol. The minimum absolute atomic E-state index is 0.0739. The fourth-order valence-electron chi connectivity index (χ4n) is 1.75. The van der Waals surface area contributed by atoms with Gasteiger partial charge in [-0.1, -0.05) is 0 Å². The molecule has 0 saturated carbocycles. The number of carboxylic acids is 1. The van der Waals surface area contributed by atoms with Crippen molar-refractivity contribution in [1.82, 2.24) is 14.9 Å². The fraction of sp³-hybridized carbons (Fsp3) is 0.286. The topological polar surface area (TPSA) is 83.4 Å². The smallest absolute Gasteiger partial charge is 0.305 e. The summed E-state index contributed by atoms with van der Waals surface area (Å²) in [5.41, 5.74) is 1.50. The number of hydrogen-bond acceptors (Lipinski definition) is 5. The van der Waals surface area contributed by atoms with Crippen molar-refractivity contribution in [2.75, 3.05) is 13.6 Å². The quantitative estimate of drug-likeness (QED) is 0.914. The van der Waals surface area contributed by atoms with Gasteiger partial charge in [-0.05, 0) is 19.1 Å². The summed E-state index contributed by atoms with van der Waals surface area (Å²) in [4.78, 5) is 33.2. The number of hydrogen-bond donors (Lipinski definition) is 1. The Morgan fingerprint density at radius 2 is 2.19 bits per heavy atom. The van der Waals surface area contributed by atoms with Gasteiger partial charge >= 0.3 is 5.97 Å². The van der Waals surface area contributed by atoms with E-state index in [1.807, 2.05) is 12.1 Å². The van der Waals surface area contributed by atoms with E-state index in [4.69, 9.17) is 5.11 Å². The number of amides is 1. The molecule has 0 fully saturated rings. The molecule has 0 aliphatic carbocycles. The monoisotopic (exact) mass is 305 g/mol. The van der Waals surface area contributed by atoms with Gasteiger partial charge in [0.15, 0.2) is 0 Å². The van der Waals surface area contributed by atoms with Crippen LogP contribution in [0.5, 0.6) is 0 Å². The van der Waals surface area contributed by atoms with Crippen LogP contribution < -0.4 is 0 Å². The normalized spacial score (nSPS) is 10.4. The first-order valence-corrected chi connectivity index (χ1v) is 7.15. The summed E-state index contributed by atoms with van der Waals surface area (Å²) in [5.74, 6) is -1.13. The highest BCUT2D eigenvalue weighted by atomic mass is 32.1. The number of pyridine rings is 1. The zero-order valence-corrected chi connectivity index (χ0v) is 12.6. The summed E-state index contributed by atoms with van der Waals surface area (Å²) in [7, 11) is 1.59. The standard InChI is InChI=1S/C14H15N3O3S/c1-9-12(14(20)17(2)7-5-11(18)19)21-13(16-9)10-4-3-6-15-8-10/h3-4,6,8H,5,7H2,1-2H3,(H,18,19). The molecule has 2 aromatic heterocycles. The Morgan fingerprint density at radius 1 is 1.43 bits per heavy atom. The van der Waals surface area contributed by atoms with Crippen LogP contribution in [0.2, 0.25) is 0 Å². The maximum absolute atomic E-state index is 12.3. The molecule has 2 aromatic rings. The van der Waals surface area contributed by atoms with Gasteiger partial charge in [0.25, 0.3) is 5.91 Å². The third-order valence-electron chi connectivity index (χ3n) is 2.91. The highest BCUT2D eigenvalue weighted by Crippen LogP contribution is 2.28. The van der Waals surface area contributed by atoms with Gasteiger partial charge in [0.05, 0.1) is 12.1 Å². The number of thiazole rings is 1. The second-order valence-electron chi connectivity index (χ2n) is 4.55. The number of aromatic nitrogens is 2. The van der Waals surface area contributed by atoms with Crippen molar-refractivity contribution in [2.24, 2.45) is 0 Å². The van der Waals surface area contributed by atoms with E-state index in [0.29, 0.717) is 10.6 Å². The SMILES string of the molecule is Cc1nc(-c2cccnc2)sc1C(=O)N(C)CCC(=O)O. The zero-order chi connectivity index (χ0) is 15.4. The van der Waals surface area contributed by atoms with Gasteiger partial charge in [0.2, 0.25) is 0 Å². The lowest BCUT2D eigenvalue weighted by atomic mass is 10.3. The highest BCUT2D eigenvalue weighted by Gasteiger charge is 2.20. The van der Waals surface area contributed by atoms with E-state index in [1.54, 1.807) is 26.4 Å². The lowest BCUT2D eigenvalue weighted by Gasteiger charge is -2.14. The molecule has 2 rings (SSSR count). The average Bonchev–Trinajstić information content (AvgIpc) is 2.86. The van der Waals surface area contributed by atoms with E-state index < -0.39 is 5.97 Å². The number of carboxylic acid groups (broad SMARTS) is 1. The molecule has 0 bridgehead atoms. The molecular formula is C14H15N3O3S. The van der Waals surface area contributed by atoms with E-state index >= 15 is 0 Å². The van der Waals surface area contributed by atoms with Crippen LogP contribution in [0.15, 0.2) is 24.5 Å². The van der Waals surface area contributed by atoms with E-state index in [1.165, 1.54) is 16.2 Å². The molecule has 1 N–H and O–H groups in total. The zero-order valence-electron chi connectivity index (χ0n) is 11.7. The summed E-state index contributed by atoms with van der Waals surface area (Å²) >= 11 is 1.29. The van der Waals surface area contributed by atoms with E-state index in [9.17, 15) is 9.59 Å². The lowest BCUT2D eigenvalue weighted by Crippen LogP contribution is -2.28. The predicted molar refractivity (Wildman–Crippen MR) is 79.3 cm³/mol. The molecule has 21 heavy (non-hydrogen) atoms. The van der Waals surface area contributed by atoms with Crippen molar-refractivity contribution < 1.29 is 14.7 Å². The maximum atomic E-state index is 12.3. The number of aryl methyl sites for hydroxylation is 1. The van der Waals surface area contributed by atoms with Crippen LogP contribution in [0.25, 0.3) is 10.6 Å². The summed E-state index contributed by atoms with van der Waals surface area (Å²) in [6, 6.07) is 3.69. The van der Waals surface area contributed by atoms with Crippen molar-refractivity contribution in [3.8, 4) is 10.6 Å². The summed E-state index contributed by atoms with van der Waals surface area (Å²) < 4.78 is 0. The van der Waals surface area contributed by atoms with Crippen LogP contribution in [-0.4, -0.2) is 45.4 Å². The first-order chi connectivity index (χ1) is 9.99. The molecule has 110 valence electrons. The second-order valence-corrected chi connectivity index (χ2v) is 5.54. The van der Waals surface area contributed by atoms with Gasteiger partial charge in [-0.2, -0.15) is 0 Å². The fourth-order valence-corrected chi connectivity index (χ4v) is 2.80. The Kier molecular flexibility index (Phi) is 4.64. The van der Waals surface area contributed by atoms with Crippen LogP contribution in [-0.2, 0) is 4.79 Å². The molecule has 0 saturated heterocycles. The average molecular weight is 305 g/mol. The number of rotatable bonds is 5. The van der Waals surface area contributed by atoms with Crippen LogP contribution in [0.3, 0.4) is 0 Å². The van der Waals surface area contributed by atoms with Gasteiger partial charge in [0.1, 0.15) is 9.88 Å². The third kappa shape index (κ3) is 3.63. The Labute approximate surface area is 126 Å². The van der Waals surface area contributed by atoms with Gasteiger partial charge in [-0.15, -0.1) is 11.3 Å². The first kappa shape index (κ1) is 15.1. The molecule has 0 aliphatic heterocycles. The molecule has 0 aromatic carbocycles. The highest BCUT2D eigenvalue weighted by molar-refractivity contribution is 7.17. The molecule has 0 aliphatic rings. The van der Waals surface area contributed by atoms with Crippen LogP contribution >= 0.6 is 11.3 Å². The molecule has 6 nitrogen and oxygen atoms in total. The Balaban J connectivity index is 2.19. The first-order valence-electron chi connectivity index (χ1n) is 6.34. The summed E-state index contributed by atoms with van der Waals surface area (Å²) in [6.45, 7) is 1.95. The van der Waals surface area contributed by atoms with E-state index in [-0.39, 0.29) is 18.9 Å². The van der Waals surface area contributed by atoms with Crippen LogP contribution in [0.4, 0.5) is 0 Å². The van der Waals surface area contributed by atoms with Crippen molar-refractivity contribution >= 4 is 23.2 Å². The molecule has 0 atom stereocenters. The number of aliphatic carboxylic acids is 1. The molecule has 0 unspecified atom stereocenters. The molecule has 2 heterocycles. The van der Waals surface area contributed by atoms with Crippen molar-refractivity contribution in [2.45, 2.75) is 13.3 Å². The van der Waals surface area contributed by atoms with Gasteiger partial charge in [0, 0.05) is 31.5 Å². The van der Waals surface area contributed by atoms with E-state index in [0.717, 1.165) is 10.6 Å². The molecule has 0 spiro atoms. The van der Waals surface area contributed by atoms with Crippen molar-refractivity contribution in [3.05, 3.63) is 35.1 Å². The molecule has 0 radical (unpaired) electrons. The van der Waals surface area contributed by atoms with Gasteiger partial charge in [-0.3, -0.25) is 14.6 Å². The van der Waals surface area contributed by atoms with Crippen LogP contribution in [0.1, 0.15) is 21.8 Å². The van der Waals surface area contributed by atoms with Crippen molar-refractivity contribution in [1.29, 1.82) is 0 Å². The largest absolute Gasteiger partial charge is 0.481 e. The summed E-state index contributed by atoms with van der Waals surface area (Å²) in [6.07, 6.45) is 3.30. The number of nitrogens with zero attached hydrogens (tertiary/aromatic N) is 3. The second kappa shape index (κ2) is 6.45. The van der Waals surface area contributed by atoms with Gasteiger partial charge < -0.3 is 10.0 Å². The number of carbonyl (C=O) groups is 2.